The molecule has 3 N–H and O–H groups in total. The fraction of sp³-hybridized carbons (Fsp3) is 0.286. The first-order valence-electron chi connectivity index (χ1n) is 9.36. The minimum atomic E-state index is -0.502. The molecular weight excluding hydrogens is 392 g/mol. The smallest absolute Gasteiger partial charge is 0.317 e. The number of hydrogen-bond donors (Lipinski definition) is 2. The van der Waals surface area contributed by atoms with Crippen molar-refractivity contribution in [2.75, 3.05) is 26.2 Å². The molecule has 1 aliphatic heterocycles. The predicted molar refractivity (Wildman–Crippen MR) is 111 cm³/mol. The molecule has 1 aliphatic rings. The van der Waals surface area contributed by atoms with Crippen molar-refractivity contribution in [3.05, 3.63) is 70.2 Å². The zero-order chi connectivity index (χ0) is 20.8. The quantitative estimate of drug-likeness (QED) is 0.783. The van der Waals surface area contributed by atoms with Crippen molar-refractivity contribution in [1.82, 2.24) is 15.1 Å². The van der Waals surface area contributed by atoms with E-state index in [0.29, 0.717) is 49.7 Å². The second-order valence-corrected chi connectivity index (χ2v) is 7.33. The van der Waals surface area contributed by atoms with Crippen molar-refractivity contribution >= 4 is 29.4 Å². The number of benzene rings is 2. The van der Waals surface area contributed by atoms with Crippen LogP contribution in [-0.2, 0) is 17.8 Å². The van der Waals surface area contributed by atoms with Gasteiger partial charge >= 0.3 is 6.03 Å². The molecule has 1 heterocycles. The number of amides is 4. The number of halogens is 1. The number of piperazine rings is 1. The minimum Gasteiger partial charge on any atom is -0.366 e. The highest BCUT2D eigenvalue weighted by atomic mass is 35.5. The SMILES string of the molecule is NC(=O)c1cccc(CNC(=O)N2CCN(C(=O)Cc3ccc(Cl)cc3)CC2)c1. The van der Waals surface area contributed by atoms with Gasteiger partial charge in [0.25, 0.3) is 0 Å². The average Bonchev–Trinajstić information content (AvgIpc) is 2.74. The summed E-state index contributed by atoms with van der Waals surface area (Å²) < 4.78 is 0. The van der Waals surface area contributed by atoms with E-state index in [9.17, 15) is 14.4 Å². The van der Waals surface area contributed by atoms with Crippen molar-refractivity contribution < 1.29 is 14.4 Å². The summed E-state index contributed by atoms with van der Waals surface area (Å²) in [6.07, 6.45) is 0.319. The Kier molecular flexibility index (Phi) is 6.72. The zero-order valence-electron chi connectivity index (χ0n) is 15.9. The number of nitrogens with two attached hydrogens (primary N) is 1. The van der Waals surface area contributed by atoms with Gasteiger partial charge in [-0.2, -0.15) is 0 Å². The second kappa shape index (κ2) is 9.43. The van der Waals surface area contributed by atoms with Crippen molar-refractivity contribution in [3.63, 3.8) is 0 Å². The summed E-state index contributed by atoms with van der Waals surface area (Å²) >= 11 is 5.87. The third-order valence-electron chi connectivity index (χ3n) is 4.84. The number of urea groups is 1. The molecule has 0 aromatic heterocycles. The zero-order valence-corrected chi connectivity index (χ0v) is 16.7. The lowest BCUT2D eigenvalue weighted by atomic mass is 10.1. The molecule has 0 saturated carbocycles. The fourth-order valence-corrected chi connectivity index (χ4v) is 3.30. The summed E-state index contributed by atoms with van der Waals surface area (Å²) in [6, 6.07) is 13.9. The van der Waals surface area contributed by atoms with Gasteiger partial charge in [-0.05, 0) is 35.4 Å². The van der Waals surface area contributed by atoms with Gasteiger partial charge < -0.3 is 20.9 Å². The van der Waals surface area contributed by atoms with Crippen LogP contribution >= 0.6 is 11.6 Å². The highest BCUT2D eigenvalue weighted by Crippen LogP contribution is 2.12. The summed E-state index contributed by atoms with van der Waals surface area (Å²) in [6.45, 7) is 2.24. The molecule has 0 radical (unpaired) electrons. The molecule has 8 heteroatoms. The van der Waals surface area contributed by atoms with E-state index in [1.54, 1.807) is 40.1 Å². The lowest BCUT2D eigenvalue weighted by Crippen LogP contribution is -2.53. The molecule has 3 rings (SSSR count). The van der Waals surface area contributed by atoms with Gasteiger partial charge in [0.1, 0.15) is 0 Å². The Morgan fingerprint density at radius 3 is 2.24 bits per heavy atom. The van der Waals surface area contributed by atoms with Gasteiger partial charge in [-0.25, -0.2) is 4.79 Å². The summed E-state index contributed by atoms with van der Waals surface area (Å²) in [5.41, 5.74) is 7.39. The monoisotopic (exact) mass is 414 g/mol. The summed E-state index contributed by atoms with van der Waals surface area (Å²) in [7, 11) is 0. The van der Waals surface area contributed by atoms with Crippen LogP contribution in [0, 0.1) is 0 Å². The number of primary amides is 1. The van der Waals surface area contributed by atoms with Crippen LogP contribution in [0.5, 0.6) is 0 Å². The van der Waals surface area contributed by atoms with Gasteiger partial charge in [0, 0.05) is 43.3 Å². The first-order chi connectivity index (χ1) is 13.9. The molecule has 1 fully saturated rings. The molecule has 0 unspecified atom stereocenters. The van der Waals surface area contributed by atoms with Crippen LogP contribution in [0.2, 0.25) is 5.02 Å². The van der Waals surface area contributed by atoms with E-state index in [2.05, 4.69) is 5.32 Å². The maximum absolute atomic E-state index is 12.5. The van der Waals surface area contributed by atoms with Crippen LogP contribution in [0.3, 0.4) is 0 Å². The lowest BCUT2D eigenvalue weighted by Gasteiger charge is -2.34. The normalized spacial score (nSPS) is 13.8. The van der Waals surface area contributed by atoms with E-state index in [-0.39, 0.29) is 11.9 Å². The molecule has 0 aliphatic carbocycles. The largest absolute Gasteiger partial charge is 0.366 e. The Balaban J connectivity index is 1.45. The van der Waals surface area contributed by atoms with Crippen LogP contribution in [0.15, 0.2) is 48.5 Å². The number of nitrogens with one attached hydrogen (secondary N) is 1. The van der Waals surface area contributed by atoms with Gasteiger partial charge in [0.2, 0.25) is 11.8 Å². The highest BCUT2D eigenvalue weighted by Gasteiger charge is 2.24. The number of rotatable bonds is 5. The van der Waals surface area contributed by atoms with Crippen LogP contribution in [0.4, 0.5) is 4.79 Å². The molecule has 2 aromatic carbocycles. The van der Waals surface area contributed by atoms with E-state index < -0.39 is 5.91 Å². The molecule has 152 valence electrons. The maximum Gasteiger partial charge on any atom is 0.317 e. The van der Waals surface area contributed by atoms with Crippen LogP contribution in [0.1, 0.15) is 21.5 Å². The third kappa shape index (κ3) is 5.71. The van der Waals surface area contributed by atoms with Gasteiger partial charge in [0.15, 0.2) is 0 Å². The van der Waals surface area contributed by atoms with Crippen molar-refractivity contribution in [2.24, 2.45) is 5.73 Å². The van der Waals surface area contributed by atoms with E-state index in [1.165, 1.54) is 0 Å². The first kappa shape index (κ1) is 20.7. The summed E-state index contributed by atoms with van der Waals surface area (Å²) in [5.74, 6) is -0.465. The van der Waals surface area contributed by atoms with E-state index >= 15 is 0 Å². The van der Waals surface area contributed by atoms with Gasteiger partial charge in [-0.1, -0.05) is 35.9 Å². The van der Waals surface area contributed by atoms with Crippen LogP contribution in [0.25, 0.3) is 0 Å². The van der Waals surface area contributed by atoms with E-state index in [1.807, 2.05) is 18.2 Å². The van der Waals surface area contributed by atoms with E-state index in [4.69, 9.17) is 17.3 Å². The average molecular weight is 415 g/mol. The van der Waals surface area contributed by atoms with Crippen molar-refractivity contribution in [3.8, 4) is 0 Å². The Labute approximate surface area is 174 Å². The van der Waals surface area contributed by atoms with Gasteiger partial charge in [0.05, 0.1) is 6.42 Å². The molecule has 1 saturated heterocycles. The van der Waals surface area contributed by atoms with Crippen LogP contribution < -0.4 is 11.1 Å². The Morgan fingerprint density at radius 2 is 1.59 bits per heavy atom. The lowest BCUT2D eigenvalue weighted by molar-refractivity contribution is -0.131. The number of hydrogen-bond acceptors (Lipinski definition) is 3. The molecule has 0 spiro atoms. The molecular formula is C21H23ClN4O3. The number of nitrogens with zero attached hydrogens (tertiary/aromatic N) is 2. The van der Waals surface area contributed by atoms with Crippen molar-refractivity contribution in [1.29, 1.82) is 0 Å². The molecule has 29 heavy (non-hydrogen) atoms. The fourth-order valence-electron chi connectivity index (χ4n) is 3.17. The third-order valence-corrected chi connectivity index (χ3v) is 5.10. The number of carbonyl (C=O) groups is 3. The highest BCUT2D eigenvalue weighted by molar-refractivity contribution is 6.30. The number of carbonyl (C=O) groups excluding carboxylic acids is 3. The molecule has 0 bridgehead atoms. The molecule has 2 aromatic rings. The first-order valence-corrected chi connectivity index (χ1v) is 9.74. The topological polar surface area (TPSA) is 95.7 Å². The van der Waals surface area contributed by atoms with Crippen molar-refractivity contribution in [2.45, 2.75) is 13.0 Å². The Morgan fingerprint density at radius 1 is 0.931 bits per heavy atom. The molecule has 7 nitrogen and oxygen atoms in total. The van der Waals surface area contributed by atoms with Gasteiger partial charge in [-0.3, -0.25) is 9.59 Å². The minimum absolute atomic E-state index is 0.0376. The summed E-state index contributed by atoms with van der Waals surface area (Å²) in [5, 5.41) is 3.48. The molecule has 4 amide bonds. The predicted octanol–water partition coefficient (Wildman–Crippen LogP) is 2.04. The Bertz CT molecular complexity index is 893. The Hall–Kier alpha value is -3.06. The maximum atomic E-state index is 12.5. The molecule has 0 atom stereocenters. The van der Waals surface area contributed by atoms with Crippen LogP contribution in [-0.4, -0.2) is 53.8 Å². The standard InChI is InChI=1S/C21H23ClN4O3/c22-18-6-4-15(5-7-18)13-19(27)25-8-10-26(11-9-25)21(29)24-14-16-2-1-3-17(12-16)20(23)28/h1-7,12H,8-11,13-14H2,(H2,23,28)(H,24,29). The summed E-state index contributed by atoms with van der Waals surface area (Å²) in [4.78, 5) is 39.6. The van der Waals surface area contributed by atoms with E-state index in [0.717, 1.165) is 11.1 Å². The van der Waals surface area contributed by atoms with Gasteiger partial charge in [-0.15, -0.1) is 0 Å². The second-order valence-electron chi connectivity index (χ2n) is 6.89.